The fourth-order valence-corrected chi connectivity index (χ4v) is 2.92. The third kappa shape index (κ3) is 1.63. The van der Waals surface area contributed by atoms with E-state index < -0.39 is 0 Å². The van der Waals surface area contributed by atoms with Crippen LogP contribution >= 0.6 is 34.5 Å². The number of benzene rings is 1. The first-order chi connectivity index (χ1) is 6.76. The van der Waals surface area contributed by atoms with Crippen LogP contribution in [0.5, 0.6) is 0 Å². The number of hydrogen-bond donors (Lipinski definition) is 1. The third-order valence-corrected chi connectivity index (χ3v) is 3.89. The number of fused-ring (bicyclic) bond motifs is 1. The molecule has 1 aromatic heterocycles. The largest absolute Gasteiger partial charge is 0.391 e. The minimum absolute atomic E-state index is 0.0614. The van der Waals surface area contributed by atoms with Crippen molar-refractivity contribution in [2.24, 2.45) is 0 Å². The van der Waals surface area contributed by atoms with Crippen LogP contribution in [0.2, 0.25) is 5.02 Å². The lowest BCUT2D eigenvalue weighted by Crippen LogP contribution is -1.79. The molecule has 0 spiro atoms. The molecule has 0 fully saturated rings. The van der Waals surface area contributed by atoms with E-state index in [9.17, 15) is 0 Å². The molecule has 1 N–H and O–H groups in total. The molecule has 4 heteroatoms. The smallest absolute Gasteiger partial charge is 0.0774 e. The fraction of sp³-hybridized carbons (Fsp3) is 0.200. The molecule has 0 aliphatic rings. The summed E-state index contributed by atoms with van der Waals surface area (Å²) in [5.41, 5.74) is 0.933. The molecule has 0 atom stereocenters. The Labute approximate surface area is 95.9 Å². The monoisotopic (exact) mass is 246 g/mol. The Bertz CT molecular complexity index is 464. The molecule has 0 unspecified atom stereocenters. The maximum Gasteiger partial charge on any atom is 0.0774 e. The minimum atomic E-state index is 0.0614. The summed E-state index contributed by atoms with van der Waals surface area (Å²) in [5.74, 6) is 0.416. The van der Waals surface area contributed by atoms with E-state index in [-0.39, 0.29) is 6.61 Å². The molecule has 74 valence electrons. The van der Waals surface area contributed by atoms with E-state index in [0.717, 1.165) is 20.5 Å². The Kier molecular flexibility index (Phi) is 2.98. The molecule has 0 amide bonds. The van der Waals surface area contributed by atoms with E-state index in [1.165, 1.54) is 0 Å². The van der Waals surface area contributed by atoms with Crippen LogP contribution in [0.3, 0.4) is 0 Å². The topological polar surface area (TPSA) is 20.2 Å². The highest BCUT2D eigenvalue weighted by Crippen LogP contribution is 2.34. The molecular formula is C10H8Cl2OS. The van der Waals surface area contributed by atoms with Gasteiger partial charge in [-0.1, -0.05) is 17.7 Å². The van der Waals surface area contributed by atoms with Crippen molar-refractivity contribution in [3.05, 3.63) is 33.7 Å². The first kappa shape index (κ1) is 10.2. The van der Waals surface area contributed by atoms with Crippen molar-refractivity contribution in [2.45, 2.75) is 12.5 Å². The van der Waals surface area contributed by atoms with Gasteiger partial charge in [0.25, 0.3) is 0 Å². The predicted molar refractivity (Wildman–Crippen MR) is 62.3 cm³/mol. The number of rotatable bonds is 2. The maximum absolute atomic E-state index is 9.00. The van der Waals surface area contributed by atoms with Crippen molar-refractivity contribution >= 4 is 44.6 Å². The van der Waals surface area contributed by atoms with Crippen LogP contribution < -0.4 is 0 Å². The van der Waals surface area contributed by atoms with Crippen molar-refractivity contribution in [1.82, 2.24) is 0 Å². The Hall–Kier alpha value is -0.280. The van der Waals surface area contributed by atoms with Crippen molar-refractivity contribution in [3.8, 4) is 0 Å². The standard InChI is InChI=1S/C10H8Cl2OS/c11-4-6-1-2-9-8(10(6)12)3-7(5-13)14-9/h1-3,13H,4-5H2. The SMILES string of the molecule is OCc1cc2c(Cl)c(CCl)ccc2s1. The van der Waals surface area contributed by atoms with Gasteiger partial charge in [-0.05, 0) is 17.7 Å². The summed E-state index contributed by atoms with van der Waals surface area (Å²) >= 11 is 13.4. The van der Waals surface area contributed by atoms with Gasteiger partial charge in [-0.15, -0.1) is 22.9 Å². The Balaban J connectivity index is 2.68. The van der Waals surface area contributed by atoms with E-state index >= 15 is 0 Å². The summed E-state index contributed by atoms with van der Waals surface area (Å²) in [6.45, 7) is 0.0614. The van der Waals surface area contributed by atoms with Gasteiger partial charge >= 0.3 is 0 Å². The molecule has 1 aromatic carbocycles. The number of aliphatic hydroxyl groups excluding tert-OH is 1. The zero-order valence-corrected chi connectivity index (χ0v) is 9.59. The lowest BCUT2D eigenvalue weighted by atomic mass is 10.2. The van der Waals surface area contributed by atoms with Crippen molar-refractivity contribution in [2.75, 3.05) is 0 Å². The third-order valence-electron chi connectivity index (χ3n) is 2.07. The van der Waals surface area contributed by atoms with E-state index in [2.05, 4.69) is 0 Å². The molecular weight excluding hydrogens is 239 g/mol. The van der Waals surface area contributed by atoms with Crippen LogP contribution in [-0.4, -0.2) is 5.11 Å². The molecule has 0 aliphatic heterocycles. The number of halogens is 2. The summed E-state index contributed by atoms with van der Waals surface area (Å²) in [5, 5.41) is 10.7. The minimum Gasteiger partial charge on any atom is -0.391 e. The van der Waals surface area contributed by atoms with Gasteiger partial charge in [0.05, 0.1) is 11.6 Å². The lowest BCUT2D eigenvalue weighted by molar-refractivity contribution is 0.285. The first-order valence-electron chi connectivity index (χ1n) is 4.13. The van der Waals surface area contributed by atoms with Crippen molar-refractivity contribution < 1.29 is 5.11 Å². The van der Waals surface area contributed by atoms with Gasteiger partial charge in [0.2, 0.25) is 0 Å². The molecule has 2 rings (SSSR count). The van der Waals surface area contributed by atoms with E-state index in [4.69, 9.17) is 28.3 Å². The average molecular weight is 247 g/mol. The highest BCUT2D eigenvalue weighted by Gasteiger charge is 2.08. The quantitative estimate of drug-likeness (QED) is 0.800. The van der Waals surface area contributed by atoms with Gasteiger partial charge in [0, 0.05) is 20.8 Å². The highest BCUT2D eigenvalue weighted by molar-refractivity contribution is 7.19. The summed E-state index contributed by atoms with van der Waals surface area (Å²) in [4.78, 5) is 0.925. The second kappa shape index (κ2) is 4.07. The summed E-state index contributed by atoms with van der Waals surface area (Å²) in [6.07, 6.45) is 0. The Morgan fingerprint density at radius 2 is 2.14 bits per heavy atom. The van der Waals surface area contributed by atoms with Crippen LogP contribution in [-0.2, 0) is 12.5 Å². The summed E-state index contributed by atoms with van der Waals surface area (Å²) in [7, 11) is 0. The Morgan fingerprint density at radius 3 is 2.79 bits per heavy atom. The van der Waals surface area contributed by atoms with Gasteiger partial charge < -0.3 is 5.11 Å². The molecule has 0 saturated carbocycles. The number of thiophene rings is 1. The number of alkyl halides is 1. The molecule has 0 radical (unpaired) electrons. The molecule has 14 heavy (non-hydrogen) atoms. The lowest BCUT2D eigenvalue weighted by Gasteiger charge is -1.99. The zero-order valence-electron chi connectivity index (χ0n) is 7.26. The van der Waals surface area contributed by atoms with E-state index in [1.807, 2.05) is 18.2 Å². The summed E-state index contributed by atoms with van der Waals surface area (Å²) in [6, 6.07) is 5.83. The molecule has 2 aromatic rings. The van der Waals surface area contributed by atoms with Crippen molar-refractivity contribution in [3.63, 3.8) is 0 Å². The fourth-order valence-electron chi connectivity index (χ4n) is 1.36. The molecule has 1 heterocycles. The van der Waals surface area contributed by atoms with Crippen LogP contribution in [0.25, 0.3) is 10.1 Å². The normalized spacial score (nSPS) is 11.1. The van der Waals surface area contributed by atoms with Crippen LogP contribution in [0.15, 0.2) is 18.2 Å². The zero-order chi connectivity index (χ0) is 10.1. The van der Waals surface area contributed by atoms with Crippen LogP contribution in [0.1, 0.15) is 10.4 Å². The van der Waals surface area contributed by atoms with Gasteiger partial charge in [-0.25, -0.2) is 0 Å². The average Bonchev–Trinajstić information content (AvgIpc) is 2.62. The second-order valence-electron chi connectivity index (χ2n) is 2.95. The summed E-state index contributed by atoms with van der Waals surface area (Å²) < 4.78 is 1.09. The predicted octanol–water partition coefficient (Wildman–Crippen LogP) is 3.79. The molecule has 0 saturated heterocycles. The Morgan fingerprint density at radius 1 is 1.36 bits per heavy atom. The van der Waals surface area contributed by atoms with Gasteiger partial charge in [-0.2, -0.15) is 0 Å². The molecule has 0 aliphatic carbocycles. The molecule has 0 bridgehead atoms. The molecule has 1 nitrogen and oxygen atoms in total. The van der Waals surface area contributed by atoms with E-state index in [1.54, 1.807) is 11.3 Å². The van der Waals surface area contributed by atoms with Gasteiger partial charge in [-0.3, -0.25) is 0 Å². The van der Waals surface area contributed by atoms with Crippen molar-refractivity contribution in [1.29, 1.82) is 0 Å². The van der Waals surface area contributed by atoms with E-state index in [0.29, 0.717) is 10.9 Å². The van der Waals surface area contributed by atoms with Crippen LogP contribution in [0, 0.1) is 0 Å². The number of aliphatic hydroxyl groups is 1. The highest BCUT2D eigenvalue weighted by atomic mass is 35.5. The maximum atomic E-state index is 9.00. The van der Waals surface area contributed by atoms with Gasteiger partial charge in [0.15, 0.2) is 0 Å². The first-order valence-corrected chi connectivity index (χ1v) is 5.85. The number of hydrogen-bond acceptors (Lipinski definition) is 2. The van der Waals surface area contributed by atoms with Gasteiger partial charge in [0.1, 0.15) is 0 Å². The second-order valence-corrected chi connectivity index (χ2v) is 4.77. The van der Waals surface area contributed by atoms with Crippen LogP contribution in [0.4, 0.5) is 0 Å².